The summed E-state index contributed by atoms with van der Waals surface area (Å²) >= 11 is 0. The highest BCUT2D eigenvalue weighted by molar-refractivity contribution is 5.79. The molecule has 2 aliphatic rings. The van der Waals surface area contributed by atoms with Crippen molar-refractivity contribution in [3.63, 3.8) is 0 Å². The van der Waals surface area contributed by atoms with Gasteiger partial charge >= 0.3 is 0 Å². The molecule has 23 heavy (non-hydrogen) atoms. The summed E-state index contributed by atoms with van der Waals surface area (Å²) in [5.74, 6) is 1.94. The predicted molar refractivity (Wildman–Crippen MR) is 96.6 cm³/mol. The zero-order valence-corrected chi connectivity index (χ0v) is 14.3. The second kappa shape index (κ2) is 8.34. The summed E-state index contributed by atoms with van der Waals surface area (Å²) in [4.78, 5) is 6.93. The highest BCUT2D eigenvalue weighted by Crippen LogP contribution is 2.31. The van der Waals surface area contributed by atoms with E-state index in [2.05, 4.69) is 50.9 Å². The minimum atomic E-state index is 0.500. The van der Waals surface area contributed by atoms with Crippen LogP contribution in [-0.2, 0) is 6.54 Å². The maximum absolute atomic E-state index is 4.38. The quantitative estimate of drug-likeness (QED) is 0.626. The number of hydrogen-bond donors (Lipinski definition) is 2. The minimum Gasteiger partial charge on any atom is -0.356 e. The van der Waals surface area contributed by atoms with Gasteiger partial charge in [-0.2, -0.15) is 0 Å². The van der Waals surface area contributed by atoms with Crippen molar-refractivity contribution in [2.24, 2.45) is 10.9 Å². The monoisotopic (exact) mass is 314 g/mol. The van der Waals surface area contributed by atoms with E-state index in [4.69, 9.17) is 0 Å². The first-order chi connectivity index (χ1) is 11.3. The van der Waals surface area contributed by atoms with E-state index in [1.807, 2.05) is 7.05 Å². The Bertz CT molecular complexity index is 495. The topological polar surface area (TPSA) is 39.7 Å². The SMILES string of the molecule is CN=C(NCCC1CC1)NC1CCCN(Cc2ccccc2)C1. The third-order valence-corrected chi connectivity index (χ3v) is 4.86. The summed E-state index contributed by atoms with van der Waals surface area (Å²) in [6.45, 7) is 4.39. The molecule has 2 N–H and O–H groups in total. The van der Waals surface area contributed by atoms with E-state index in [9.17, 15) is 0 Å². The number of rotatable bonds is 6. The van der Waals surface area contributed by atoms with Crippen molar-refractivity contribution in [1.29, 1.82) is 0 Å². The Hall–Kier alpha value is -1.55. The molecule has 0 bridgehead atoms. The molecular formula is C19H30N4. The average Bonchev–Trinajstić information content (AvgIpc) is 3.39. The lowest BCUT2D eigenvalue weighted by Gasteiger charge is -2.34. The minimum absolute atomic E-state index is 0.500. The Balaban J connectivity index is 1.43. The maximum Gasteiger partial charge on any atom is 0.191 e. The fourth-order valence-electron chi connectivity index (χ4n) is 3.35. The van der Waals surface area contributed by atoms with Crippen molar-refractivity contribution < 1.29 is 0 Å². The van der Waals surface area contributed by atoms with Gasteiger partial charge in [-0.05, 0) is 37.3 Å². The van der Waals surface area contributed by atoms with Crippen LogP contribution in [-0.4, -0.2) is 43.6 Å². The van der Waals surface area contributed by atoms with E-state index in [1.165, 1.54) is 44.2 Å². The van der Waals surface area contributed by atoms with Gasteiger partial charge in [0.15, 0.2) is 5.96 Å². The Morgan fingerprint density at radius 2 is 2.04 bits per heavy atom. The lowest BCUT2D eigenvalue weighted by molar-refractivity contribution is 0.192. The van der Waals surface area contributed by atoms with Crippen LogP contribution in [0.5, 0.6) is 0 Å². The van der Waals surface area contributed by atoms with Crippen molar-refractivity contribution >= 4 is 5.96 Å². The molecule has 3 rings (SSSR count). The van der Waals surface area contributed by atoms with Crippen molar-refractivity contribution in [2.45, 2.75) is 44.7 Å². The summed E-state index contributed by atoms with van der Waals surface area (Å²) in [5.41, 5.74) is 1.40. The van der Waals surface area contributed by atoms with E-state index in [1.54, 1.807) is 0 Å². The molecule has 4 nitrogen and oxygen atoms in total. The Morgan fingerprint density at radius 1 is 1.22 bits per heavy atom. The molecule has 0 amide bonds. The van der Waals surface area contributed by atoms with E-state index >= 15 is 0 Å². The fraction of sp³-hybridized carbons (Fsp3) is 0.632. The van der Waals surface area contributed by atoms with Crippen LogP contribution in [0.1, 0.15) is 37.7 Å². The normalized spacial score (nSPS) is 22.8. The van der Waals surface area contributed by atoms with Gasteiger partial charge in [0.2, 0.25) is 0 Å². The van der Waals surface area contributed by atoms with Crippen molar-refractivity contribution in [2.75, 3.05) is 26.7 Å². The zero-order valence-electron chi connectivity index (χ0n) is 14.3. The fourth-order valence-corrected chi connectivity index (χ4v) is 3.35. The molecule has 1 heterocycles. The summed E-state index contributed by atoms with van der Waals surface area (Å²) in [6.07, 6.45) is 6.61. The van der Waals surface area contributed by atoms with Crippen molar-refractivity contribution in [3.05, 3.63) is 35.9 Å². The first-order valence-electron chi connectivity index (χ1n) is 9.07. The first kappa shape index (κ1) is 16.3. The second-order valence-electron chi connectivity index (χ2n) is 6.94. The molecule has 1 aromatic rings. The molecule has 126 valence electrons. The van der Waals surface area contributed by atoms with Gasteiger partial charge in [-0.1, -0.05) is 43.2 Å². The third-order valence-electron chi connectivity index (χ3n) is 4.86. The number of likely N-dealkylation sites (tertiary alicyclic amines) is 1. The Labute approximate surface area is 140 Å². The van der Waals surface area contributed by atoms with E-state index in [-0.39, 0.29) is 0 Å². The van der Waals surface area contributed by atoms with Gasteiger partial charge in [-0.3, -0.25) is 9.89 Å². The third kappa shape index (κ3) is 5.54. The Kier molecular flexibility index (Phi) is 5.92. The van der Waals surface area contributed by atoms with Crippen LogP contribution >= 0.6 is 0 Å². The highest BCUT2D eigenvalue weighted by Gasteiger charge is 2.22. The lowest BCUT2D eigenvalue weighted by Crippen LogP contribution is -2.51. The molecule has 1 unspecified atom stereocenters. The van der Waals surface area contributed by atoms with Crippen LogP contribution in [0.25, 0.3) is 0 Å². The van der Waals surface area contributed by atoms with Gasteiger partial charge in [0.05, 0.1) is 0 Å². The standard InChI is InChI=1S/C19H30N4/c1-20-19(21-12-11-16-9-10-16)22-18-8-5-13-23(15-18)14-17-6-3-2-4-7-17/h2-4,6-7,16,18H,5,8-15H2,1H3,(H2,20,21,22). The second-order valence-corrected chi connectivity index (χ2v) is 6.94. The summed E-state index contributed by atoms with van der Waals surface area (Å²) in [7, 11) is 1.87. The molecule has 0 radical (unpaired) electrons. The van der Waals surface area contributed by atoms with Gasteiger partial charge < -0.3 is 10.6 Å². The van der Waals surface area contributed by atoms with Crippen molar-refractivity contribution in [1.82, 2.24) is 15.5 Å². The van der Waals surface area contributed by atoms with Gasteiger partial charge in [-0.15, -0.1) is 0 Å². The highest BCUT2D eigenvalue weighted by atomic mass is 15.2. The first-order valence-corrected chi connectivity index (χ1v) is 9.07. The molecule has 1 atom stereocenters. The summed E-state index contributed by atoms with van der Waals surface area (Å²) < 4.78 is 0. The van der Waals surface area contributed by atoms with Gasteiger partial charge in [0.25, 0.3) is 0 Å². The van der Waals surface area contributed by atoms with Gasteiger partial charge in [-0.25, -0.2) is 0 Å². The van der Waals surface area contributed by atoms with Crippen LogP contribution in [0.2, 0.25) is 0 Å². The number of guanidine groups is 1. The predicted octanol–water partition coefficient (Wildman–Crippen LogP) is 2.62. The summed E-state index contributed by atoms with van der Waals surface area (Å²) in [5, 5.41) is 7.09. The molecule has 0 spiro atoms. The molecule has 0 aromatic heterocycles. The number of aliphatic imine (C=N–C) groups is 1. The number of nitrogens with one attached hydrogen (secondary N) is 2. The molecule has 1 aliphatic heterocycles. The van der Waals surface area contributed by atoms with Gasteiger partial charge in [0, 0.05) is 32.7 Å². The molecule has 4 heteroatoms. The van der Waals surface area contributed by atoms with E-state index in [0.29, 0.717) is 6.04 Å². The molecule has 1 saturated carbocycles. The van der Waals surface area contributed by atoms with Crippen LogP contribution in [0.4, 0.5) is 0 Å². The van der Waals surface area contributed by atoms with Crippen LogP contribution < -0.4 is 10.6 Å². The van der Waals surface area contributed by atoms with E-state index < -0.39 is 0 Å². The van der Waals surface area contributed by atoms with Crippen molar-refractivity contribution in [3.8, 4) is 0 Å². The number of hydrogen-bond acceptors (Lipinski definition) is 2. The largest absolute Gasteiger partial charge is 0.356 e. The summed E-state index contributed by atoms with van der Waals surface area (Å²) in [6, 6.07) is 11.3. The average molecular weight is 314 g/mol. The lowest BCUT2D eigenvalue weighted by atomic mass is 10.0. The molecule has 1 aromatic carbocycles. The molecule has 2 fully saturated rings. The zero-order chi connectivity index (χ0) is 15.9. The van der Waals surface area contributed by atoms with Gasteiger partial charge in [0.1, 0.15) is 0 Å². The van der Waals surface area contributed by atoms with Crippen LogP contribution in [0, 0.1) is 5.92 Å². The van der Waals surface area contributed by atoms with Crippen LogP contribution in [0.15, 0.2) is 35.3 Å². The molecule has 1 aliphatic carbocycles. The number of nitrogens with zero attached hydrogens (tertiary/aromatic N) is 2. The Morgan fingerprint density at radius 3 is 2.78 bits per heavy atom. The van der Waals surface area contributed by atoms with E-state index in [0.717, 1.165) is 31.5 Å². The molecular weight excluding hydrogens is 284 g/mol. The number of piperidine rings is 1. The number of benzene rings is 1. The maximum atomic E-state index is 4.38. The smallest absolute Gasteiger partial charge is 0.191 e. The molecule has 1 saturated heterocycles. The van der Waals surface area contributed by atoms with Crippen LogP contribution in [0.3, 0.4) is 0 Å².